The van der Waals surface area contributed by atoms with Crippen LogP contribution in [0.15, 0.2) is 52.6 Å². The number of hydrogen-bond donors (Lipinski definition) is 1. The van der Waals surface area contributed by atoms with Gasteiger partial charge in [-0.05, 0) is 5.56 Å². The van der Waals surface area contributed by atoms with Crippen LogP contribution < -0.4 is 5.32 Å². The quantitative estimate of drug-likeness (QED) is 0.694. The number of nitrogens with zero attached hydrogens (tertiary/aromatic N) is 4. The lowest BCUT2D eigenvalue weighted by Gasteiger charge is -2.19. The van der Waals surface area contributed by atoms with Crippen molar-refractivity contribution in [3.05, 3.63) is 59.6 Å². The van der Waals surface area contributed by atoms with E-state index in [9.17, 15) is 4.79 Å². The molecule has 2 heterocycles. The van der Waals surface area contributed by atoms with Crippen molar-refractivity contribution in [1.29, 1.82) is 0 Å². The third-order valence-electron chi connectivity index (χ3n) is 3.22. The minimum atomic E-state index is -0.279. The number of thioether (sulfide) groups is 1. The first-order chi connectivity index (χ1) is 11.2. The van der Waals surface area contributed by atoms with Gasteiger partial charge in [-0.15, -0.1) is 10.2 Å². The number of nitrogens with one attached hydrogen (secondary N) is 1. The molecular formula is C15H15N5OS2. The number of rotatable bonds is 6. The van der Waals surface area contributed by atoms with Gasteiger partial charge in [0.05, 0.1) is 5.75 Å². The topological polar surface area (TPSA) is 72.7 Å². The maximum absolute atomic E-state index is 12.3. The largest absolute Gasteiger partial charge is 0.341 e. The SMILES string of the molecule is Cn1ccnc1[C@@H](NC(=O)CSc1nncs1)c1ccccc1. The lowest BCUT2D eigenvalue weighted by atomic mass is 10.1. The molecule has 0 aliphatic heterocycles. The molecule has 3 rings (SSSR count). The number of aromatic nitrogens is 4. The first-order valence-corrected chi connectivity index (χ1v) is 8.81. The van der Waals surface area contributed by atoms with Gasteiger partial charge in [-0.2, -0.15) is 0 Å². The van der Waals surface area contributed by atoms with Crippen molar-refractivity contribution in [2.24, 2.45) is 7.05 Å². The fraction of sp³-hybridized carbons (Fsp3) is 0.200. The Kier molecular flexibility index (Phi) is 5.04. The summed E-state index contributed by atoms with van der Waals surface area (Å²) in [6.07, 6.45) is 3.60. The van der Waals surface area contributed by atoms with E-state index in [2.05, 4.69) is 20.5 Å². The minimum absolute atomic E-state index is 0.0675. The molecule has 118 valence electrons. The van der Waals surface area contributed by atoms with Crippen LogP contribution in [0, 0.1) is 0 Å². The zero-order valence-electron chi connectivity index (χ0n) is 12.4. The maximum Gasteiger partial charge on any atom is 0.231 e. The van der Waals surface area contributed by atoms with E-state index in [0.29, 0.717) is 5.75 Å². The molecule has 6 nitrogen and oxygen atoms in total. The molecule has 0 aliphatic carbocycles. The van der Waals surface area contributed by atoms with Crippen LogP contribution in [0.3, 0.4) is 0 Å². The molecule has 0 spiro atoms. The van der Waals surface area contributed by atoms with E-state index in [0.717, 1.165) is 15.7 Å². The van der Waals surface area contributed by atoms with Gasteiger partial charge in [0.15, 0.2) is 4.34 Å². The van der Waals surface area contributed by atoms with E-state index in [4.69, 9.17) is 0 Å². The molecular weight excluding hydrogens is 330 g/mol. The predicted octanol–water partition coefficient (Wildman–Crippen LogP) is 2.27. The van der Waals surface area contributed by atoms with Crippen molar-refractivity contribution in [3.63, 3.8) is 0 Å². The molecule has 1 atom stereocenters. The van der Waals surface area contributed by atoms with Crippen LogP contribution in [0.25, 0.3) is 0 Å². The van der Waals surface area contributed by atoms with E-state index in [1.807, 2.05) is 48.1 Å². The lowest BCUT2D eigenvalue weighted by molar-refractivity contribution is -0.119. The van der Waals surface area contributed by atoms with Crippen LogP contribution in [0.5, 0.6) is 0 Å². The van der Waals surface area contributed by atoms with Gasteiger partial charge in [-0.25, -0.2) is 4.98 Å². The fourth-order valence-corrected chi connectivity index (χ4v) is 3.45. The standard InChI is InChI=1S/C15H15N5OS2/c1-20-8-7-16-14(20)13(11-5-3-2-4-6-11)18-12(21)9-22-15-19-17-10-23-15/h2-8,10,13H,9H2,1H3,(H,18,21)/t13-/m0/s1. The zero-order chi connectivity index (χ0) is 16.1. The van der Waals surface area contributed by atoms with Gasteiger partial charge in [-0.3, -0.25) is 4.79 Å². The van der Waals surface area contributed by atoms with E-state index in [-0.39, 0.29) is 11.9 Å². The average molecular weight is 345 g/mol. The van der Waals surface area contributed by atoms with E-state index >= 15 is 0 Å². The summed E-state index contributed by atoms with van der Waals surface area (Å²) in [5.41, 5.74) is 2.65. The second-order valence-electron chi connectivity index (χ2n) is 4.80. The first-order valence-electron chi connectivity index (χ1n) is 6.94. The molecule has 1 N–H and O–H groups in total. The van der Waals surface area contributed by atoms with E-state index in [1.165, 1.54) is 23.1 Å². The summed E-state index contributed by atoms with van der Waals surface area (Å²) in [6.45, 7) is 0. The highest BCUT2D eigenvalue weighted by Crippen LogP contribution is 2.22. The molecule has 0 radical (unpaired) electrons. The predicted molar refractivity (Wildman–Crippen MR) is 90.3 cm³/mol. The van der Waals surface area contributed by atoms with Gasteiger partial charge in [0.25, 0.3) is 0 Å². The third-order valence-corrected chi connectivity index (χ3v) is 5.08. The summed E-state index contributed by atoms with van der Waals surface area (Å²) in [6, 6.07) is 9.54. The molecule has 1 amide bonds. The molecule has 2 aromatic heterocycles. The summed E-state index contributed by atoms with van der Waals surface area (Å²) in [7, 11) is 1.92. The van der Waals surface area contributed by atoms with Gasteiger partial charge in [0.1, 0.15) is 17.4 Å². The fourth-order valence-electron chi connectivity index (χ4n) is 2.15. The highest BCUT2D eigenvalue weighted by Gasteiger charge is 2.20. The Hall–Kier alpha value is -2.19. The van der Waals surface area contributed by atoms with Crippen molar-refractivity contribution >= 4 is 29.0 Å². The third kappa shape index (κ3) is 3.96. The molecule has 1 aromatic carbocycles. The molecule has 0 saturated carbocycles. The molecule has 8 heteroatoms. The monoisotopic (exact) mass is 345 g/mol. The summed E-state index contributed by atoms with van der Waals surface area (Å²) in [5, 5.41) is 10.7. The lowest BCUT2D eigenvalue weighted by Crippen LogP contribution is -2.32. The summed E-state index contributed by atoms with van der Waals surface area (Å²) in [4.78, 5) is 16.7. The summed E-state index contributed by atoms with van der Waals surface area (Å²) < 4.78 is 2.70. The van der Waals surface area contributed by atoms with Gasteiger partial charge in [0.2, 0.25) is 5.91 Å². The highest BCUT2D eigenvalue weighted by molar-refractivity contribution is 8.01. The molecule has 0 unspecified atom stereocenters. The molecule has 23 heavy (non-hydrogen) atoms. The smallest absolute Gasteiger partial charge is 0.231 e. The number of amides is 1. The number of carbonyl (C=O) groups is 1. The Morgan fingerprint density at radius 1 is 1.39 bits per heavy atom. The number of benzene rings is 1. The number of imidazole rings is 1. The Morgan fingerprint density at radius 3 is 2.87 bits per heavy atom. The van der Waals surface area contributed by atoms with Crippen LogP contribution in [0.1, 0.15) is 17.4 Å². The number of aryl methyl sites for hydroxylation is 1. The van der Waals surface area contributed by atoms with Gasteiger partial charge < -0.3 is 9.88 Å². The second-order valence-corrected chi connectivity index (χ2v) is 6.86. The van der Waals surface area contributed by atoms with E-state index < -0.39 is 0 Å². The normalized spacial score (nSPS) is 12.0. The number of carbonyl (C=O) groups excluding carboxylic acids is 1. The second kappa shape index (κ2) is 7.38. The van der Waals surface area contributed by atoms with Crippen molar-refractivity contribution in [2.75, 3.05) is 5.75 Å². The van der Waals surface area contributed by atoms with Crippen LogP contribution in [-0.2, 0) is 11.8 Å². The van der Waals surface area contributed by atoms with Crippen LogP contribution >= 0.6 is 23.1 Å². The first kappa shape index (κ1) is 15.7. The van der Waals surface area contributed by atoms with Crippen LogP contribution in [0.4, 0.5) is 0 Å². The van der Waals surface area contributed by atoms with Gasteiger partial charge >= 0.3 is 0 Å². The molecule has 0 fully saturated rings. The number of hydrogen-bond acceptors (Lipinski definition) is 6. The molecule has 0 aliphatic rings. The zero-order valence-corrected chi connectivity index (χ0v) is 14.0. The van der Waals surface area contributed by atoms with Crippen molar-refractivity contribution in [2.45, 2.75) is 10.4 Å². The van der Waals surface area contributed by atoms with Crippen LogP contribution in [0.2, 0.25) is 0 Å². The Labute approximate surface area is 142 Å². The van der Waals surface area contributed by atoms with Crippen LogP contribution in [-0.4, -0.2) is 31.4 Å². The molecule has 0 bridgehead atoms. The van der Waals surface area contributed by atoms with Crippen molar-refractivity contribution in [3.8, 4) is 0 Å². The maximum atomic E-state index is 12.3. The average Bonchev–Trinajstić information content (AvgIpc) is 3.23. The molecule has 3 aromatic rings. The minimum Gasteiger partial charge on any atom is -0.341 e. The van der Waals surface area contributed by atoms with Gasteiger partial charge in [0, 0.05) is 19.4 Å². The Morgan fingerprint density at radius 2 is 2.22 bits per heavy atom. The van der Waals surface area contributed by atoms with Crippen molar-refractivity contribution < 1.29 is 4.79 Å². The Bertz CT molecular complexity index is 757. The Balaban J connectivity index is 1.74. The summed E-state index contributed by atoms with van der Waals surface area (Å²) >= 11 is 2.80. The molecule has 0 saturated heterocycles. The highest BCUT2D eigenvalue weighted by atomic mass is 32.2. The summed E-state index contributed by atoms with van der Waals surface area (Å²) in [5.74, 6) is 1.02. The van der Waals surface area contributed by atoms with Crippen molar-refractivity contribution in [1.82, 2.24) is 25.1 Å². The van der Waals surface area contributed by atoms with Gasteiger partial charge in [-0.1, -0.05) is 53.4 Å². The van der Waals surface area contributed by atoms with E-state index in [1.54, 1.807) is 11.7 Å².